The Morgan fingerprint density at radius 3 is 2.67 bits per heavy atom. The summed E-state index contributed by atoms with van der Waals surface area (Å²) in [6.45, 7) is 5.03. The first-order chi connectivity index (χ1) is 10.2. The van der Waals surface area contributed by atoms with E-state index in [1.54, 1.807) is 0 Å². The average Bonchev–Trinajstić information content (AvgIpc) is 3.24. The van der Waals surface area contributed by atoms with Crippen LogP contribution in [0, 0.1) is 0 Å². The van der Waals surface area contributed by atoms with Crippen LogP contribution in [0.5, 0.6) is 0 Å². The van der Waals surface area contributed by atoms with Gasteiger partial charge in [-0.25, -0.2) is 9.97 Å². The zero-order valence-corrected chi connectivity index (χ0v) is 12.8. The molecule has 0 amide bonds. The summed E-state index contributed by atoms with van der Waals surface area (Å²) in [4.78, 5) is 9.25. The van der Waals surface area contributed by atoms with Crippen LogP contribution in [-0.2, 0) is 13.5 Å². The molecule has 0 aliphatic heterocycles. The summed E-state index contributed by atoms with van der Waals surface area (Å²) in [6.07, 6.45) is 5.28. The number of nitrogens with zero attached hydrogens (tertiary/aromatic N) is 4. The summed E-state index contributed by atoms with van der Waals surface area (Å²) >= 11 is 0. The van der Waals surface area contributed by atoms with Gasteiger partial charge < -0.3 is 10.6 Å². The van der Waals surface area contributed by atoms with E-state index < -0.39 is 0 Å². The summed E-state index contributed by atoms with van der Waals surface area (Å²) in [5, 5.41) is 11.1. The number of nitrogens with one attached hydrogen (secondary N) is 2. The standard InChI is InChI=1S/C15H22N6/c1-4-11-12(9-21(3)20-11)17-14-8-13(16-5-2)18-15(19-14)10-6-7-10/h8-10H,4-7H2,1-3H3,(H2,16,17,18,19). The quantitative estimate of drug-likeness (QED) is 0.854. The first-order valence-electron chi connectivity index (χ1n) is 7.62. The van der Waals surface area contributed by atoms with Crippen molar-refractivity contribution in [1.29, 1.82) is 0 Å². The molecule has 0 radical (unpaired) electrons. The van der Waals surface area contributed by atoms with Crippen LogP contribution in [-0.4, -0.2) is 26.3 Å². The lowest BCUT2D eigenvalue weighted by Crippen LogP contribution is -2.06. The van der Waals surface area contributed by atoms with Gasteiger partial charge in [-0.15, -0.1) is 0 Å². The van der Waals surface area contributed by atoms with Gasteiger partial charge in [-0.2, -0.15) is 5.10 Å². The molecule has 0 saturated heterocycles. The highest BCUT2D eigenvalue weighted by molar-refractivity contribution is 5.61. The topological polar surface area (TPSA) is 67.7 Å². The van der Waals surface area contributed by atoms with Gasteiger partial charge in [-0.3, -0.25) is 4.68 Å². The smallest absolute Gasteiger partial charge is 0.136 e. The molecule has 2 heterocycles. The maximum atomic E-state index is 4.66. The third-order valence-corrected chi connectivity index (χ3v) is 3.55. The van der Waals surface area contributed by atoms with Crippen molar-refractivity contribution >= 4 is 17.3 Å². The molecular formula is C15H22N6. The van der Waals surface area contributed by atoms with Crippen LogP contribution in [0.2, 0.25) is 0 Å². The molecule has 112 valence electrons. The van der Waals surface area contributed by atoms with E-state index >= 15 is 0 Å². The Hall–Kier alpha value is -2.11. The van der Waals surface area contributed by atoms with Crippen LogP contribution in [0.4, 0.5) is 17.3 Å². The largest absolute Gasteiger partial charge is 0.370 e. The highest BCUT2D eigenvalue weighted by Gasteiger charge is 2.27. The molecule has 0 atom stereocenters. The van der Waals surface area contributed by atoms with Crippen molar-refractivity contribution in [2.75, 3.05) is 17.2 Å². The number of rotatable bonds is 6. The van der Waals surface area contributed by atoms with E-state index in [9.17, 15) is 0 Å². The lowest BCUT2D eigenvalue weighted by atomic mass is 10.3. The molecule has 3 rings (SSSR count). The van der Waals surface area contributed by atoms with Gasteiger partial charge in [0.1, 0.15) is 17.5 Å². The fraction of sp³-hybridized carbons (Fsp3) is 0.533. The number of aryl methyl sites for hydroxylation is 2. The SMILES string of the molecule is CCNc1cc(Nc2cn(C)nc2CC)nc(C2CC2)n1. The lowest BCUT2D eigenvalue weighted by Gasteiger charge is -2.10. The second kappa shape index (κ2) is 5.71. The minimum Gasteiger partial charge on any atom is -0.370 e. The Kier molecular flexibility index (Phi) is 3.77. The van der Waals surface area contributed by atoms with Crippen LogP contribution >= 0.6 is 0 Å². The Balaban J connectivity index is 1.89. The van der Waals surface area contributed by atoms with E-state index in [1.165, 1.54) is 12.8 Å². The zero-order chi connectivity index (χ0) is 14.8. The molecular weight excluding hydrogens is 264 g/mol. The van der Waals surface area contributed by atoms with Crippen LogP contribution in [0.1, 0.15) is 44.1 Å². The molecule has 0 bridgehead atoms. The van der Waals surface area contributed by atoms with E-state index in [1.807, 2.05) is 24.0 Å². The monoisotopic (exact) mass is 286 g/mol. The van der Waals surface area contributed by atoms with Gasteiger partial charge in [-0.05, 0) is 26.2 Å². The fourth-order valence-electron chi connectivity index (χ4n) is 2.36. The zero-order valence-electron chi connectivity index (χ0n) is 12.8. The van der Waals surface area contributed by atoms with Gasteiger partial charge >= 0.3 is 0 Å². The van der Waals surface area contributed by atoms with Crippen molar-refractivity contribution in [2.45, 2.75) is 39.0 Å². The Morgan fingerprint density at radius 1 is 1.24 bits per heavy atom. The molecule has 0 aromatic carbocycles. The van der Waals surface area contributed by atoms with Gasteiger partial charge in [0.25, 0.3) is 0 Å². The molecule has 2 aromatic rings. The summed E-state index contributed by atoms with van der Waals surface area (Å²) in [5.74, 6) is 3.20. The number of aromatic nitrogens is 4. The Labute approximate surface area is 125 Å². The molecule has 6 nitrogen and oxygen atoms in total. The van der Waals surface area contributed by atoms with E-state index in [0.717, 1.165) is 41.8 Å². The molecule has 1 saturated carbocycles. The van der Waals surface area contributed by atoms with Crippen molar-refractivity contribution in [1.82, 2.24) is 19.7 Å². The van der Waals surface area contributed by atoms with Crippen LogP contribution < -0.4 is 10.6 Å². The molecule has 1 aliphatic carbocycles. The highest BCUT2D eigenvalue weighted by Crippen LogP contribution is 2.39. The van der Waals surface area contributed by atoms with Gasteiger partial charge in [0.2, 0.25) is 0 Å². The van der Waals surface area contributed by atoms with E-state index in [0.29, 0.717) is 5.92 Å². The predicted octanol–water partition coefficient (Wildman–Crippen LogP) is 2.83. The second-order valence-electron chi connectivity index (χ2n) is 5.44. The van der Waals surface area contributed by atoms with Crippen molar-refractivity contribution in [3.05, 3.63) is 23.8 Å². The normalized spacial score (nSPS) is 14.2. The van der Waals surface area contributed by atoms with Gasteiger partial charge in [0.05, 0.1) is 11.4 Å². The van der Waals surface area contributed by atoms with Crippen LogP contribution in [0.3, 0.4) is 0 Å². The molecule has 21 heavy (non-hydrogen) atoms. The third-order valence-electron chi connectivity index (χ3n) is 3.55. The van der Waals surface area contributed by atoms with Crippen LogP contribution in [0.15, 0.2) is 12.3 Å². The first-order valence-corrected chi connectivity index (χ1v) is 7.62. The maximum absolute atomic E-state index is 4.66. The molecule has 0 unspecified atom stereocenters. The summed E-state index contributed by atoms with van der Waals surface area (Å²) < 4.78 is 1.83. The van der Waals surface area contributed by atoms with Crippen molar-refractivity contribution in [3.8, 4) is 0 Å². The predicted molar refractivity (Wildman–Crippen MR) is 84.0 cm³/mol. The lowest BCUT2D eigenvalue weighted by molar-refractivity contribution is 0.746. The van der Waals surface area contributed by atoms with E-state index in [4.69, 9.17) is 0 Å². The molecule has 6 heteroatoms. The molecule has 0 spiro atoms. The molecule has 1 fully saturated rings. The van der Waals surface area contributed by atoms with Gasteiger partial charge in [0.15, 0.2) is 0 Å². The molecule has 2 aromatic heterocycles. The second-order valence-corrected chi connectivity index (χ2v) is 5.44. The van der Waals surface area contributed by atoms with E-state index in [-0.39, 0.29) is 0 Å². The number of hydrogen-bond donors (Lipinski definition) is 2. The minimum atomic E-state index is 0.531. The molecule has 2 N–H and O–H groups in total. The first kappa shape index (κ1) is 13.9. The summed E-state index contributed by atoms with van der Waals surface area (Å²) in [5.41, 5.74) is 2.07. The number of hydrogen-bond acceptors (Lipinski definition) is 5. The third kappa shape index (κ3) is 3.15. The van der Waals surface area contributed by atoms with Crippen molar-refractivity contribution in [2.24, 2.45) is 7.05 Å². The minimum absolute atomic E-state index is 0.531. The van der Waals surface area contributed by atoms with Crippen LogP contribution in [0.25, 0.3) is 0 Å². The van der Waals surface area contributed by atoms with E-state index in [2.05, 4.69) is 39.5 Å². The number of anilines is 3. The molecule has 1 aliphatic rings. The highest BCUT2D eigenvalue weighted by atomic mass is 15.3. The summed E-state index contributed by atoms with van der Waals surface area (Å²) in [6, 6.07) is 1.96. The average molecular weight is 286 g/mol. The maximum Gasteiger partial charge on any atom is 0.136 e. The fourth-order valence-corrected chi connectivity index (χ4v) is 2.36. The van der Waals surface area contributed by atoms with Gasteiger partial charge in [0, 0.05) is 31.8 Å². The Morgan fingerprint density at radius 2 is 2.00 bits per heavy atom. The summed E-state index contributed by atoms with van der Waals surface area (Å²) in [7, 11) is 1.93. The van der Waals surface area contributed by atoms with Crippen molar-refractivity contribution in [3.63, 3.8) is 0 Å². The van der Waals surface area contributed by atoms with Gasteiger partial charge in [-0.1, -0.05) is 6.92 Å². The van der Waals surface area contributed by atoms with Crippen molar-refractivity contribution < 1.29 is 0 Å². The Bertz CT molecular complexity index is 629.